The minimum Gasteiger partial charge on any atom is -0.495 e. The van der Waals surface area contributed by atoms with Crippen molar-refractivity contribution < 1.29 is 9.13 Å². The van der Waals surface area contributed by atoms with E-state index in [2.05, 4.69) is 4.98 Å². The van der Waals surface area contributed by atoms with Crippen LogP contribution in [0.2, 0.25) is 0 Å². The summed E-state index contributed by atoms with van der Waals surface area (Å²) >= 11 is 0. The summed E-state index contributed by atoms with van der Waals surface area (Å²) in [6.07, 6.45) is 0. The molecular formula is C14H28FNO. The molecule has 3 heteroatoms. The van der Waals surface area contributed by atoms with Crippen molar-refractivity contribution in [1.82, 2.24) is 4.98 Å². The molecule has 2 nitrogen and oxygen atoms in total. The van der Waals surface area contributed by atoms with E-state index in [0.717, 1.165) is 0 Å². The van der Waals surface area contributed by atoms with Crippen LogP contribution >= 0.6 is 0 Å². The van der Waals surface area contributed by atoms with E-state index in [0.29, 0.717) is 17.0 Å². The minimum absolute atomic E-state index is 0.428. The average molecular weight is 245 g/mol. The molecule has 0 spiro atoms. The van der Waals surface area contributed by atoms with Crippen molar-refractivity contribution in [3.8, 4) is 5.75 Å². The number of hydrogen-bond donors (Lipinski definition) is 0. The zero-order chi connectivity index (χ0) is 14.4. The maximum absolute atomic E-state index is 12.7. The van der Waals surface area contributed by atoms with Gasteiger partial charge >= 0.3 is 0 Å². The molecule has 0 aromatic carbocycles. The zero-order valence-electron chi connectivity index (χ0n) is 12.8. The van der Waals surface area contributed by atoms with E-state index < -0.39 is 5.95 Å². The highest BCUT2D eigenvalue weighted by atomic mass is 19.1. The molecule has 0 atom stereocenters. The smallest absolute Gasteiger partial charge is 0.216 e. The Bertz CT molecular complexity index is 275. The predicted molar refractivity (Wildman–Crippen MR) is 74.3 cm³/mol. The molecule has 0 unspecified atom stereocenters. The quantitative estimate of drug-likeness (QED) is 0.655. The summed E-state index contributed by atoms with van der Waals surface area (Å²) in [5.74, 6) is 0.201. The van der Waals surface area contributed by atoms with E-state index in [4.69, 9.17) is 4.74 Å². The first-order valence-electron chi connectivity index (χ1n) is 6.33. The Morgan fingerprint density at radius 3 is 1.76 bits per heavy atom. The van der Waals surface area contributed by atoms with E-state index in [1.807, 2.05) is 41.5 Å². The second-order valence-corrected chi connectivity index (χ2v) is 2.38. The van der Waals surface area contributed by atoms with Gasteiger partial charge in [-0.25, -0.2) is 4.98 Å². The van der Waals surface area contributed by atoms with Crippen LogP contribution in [0, 0.1) is 19.8 Å². The third kappa shape index (κ3) is 8.66. The Hall–Kier alpha value is -1.12. The molecule has 0 amide bonds. The molecule has 0 saturated carbocycles. The van der Waals surface area contributed by atoms with Crippen LogP contribution < -0.4 is 4.74 Å². The van der Waals surface area contributed by atoms with Gasteiger partial charge in [0.05, 0.1) is 12.8 Å². The van der Waals surface area contributed by atoms with Crippen molar-refractivity contribution >= 4 is 0 Å². The van der Waals surface area contributed by atoms with Gasteiger partial charge in [0.15, 0.2) is 0 Å². The Labute approximate surface area is 106 Å². The van der Waals surface area contributed by atoms with Crippen LogP contribution in [0.3, 0.4) is 0 Å². The van der Waals surface area contributed by atoms with Crippen molar-refractivity contribution in [1.29, 1.82) is 0 Å². The number of methoxy groups -OCH3 is 1. The predicted octanol–water partition coefficient (Wildman–Crippen LogP) is 4.92. The van der Waals surface area contributed by atoms with Gasteiger partial charge in [0.25, 0.3) is 0 Å². The van der Waals surface area contributed by atoms with Crippen molar-refractivity contribution in [2.24, 2.45) is 0 Å². The summed E-state index contributed by atoms with van der Waals surface area (Å²) in [5, 5.41) is 0. The number of pyridine rings is 1. The van der Waals surface area contributed by atoms with Crippen LogP contribution in [0.5, 0.6) is 5.75 Å². The third-order valence-corrected chi connectivity index (χ3v) is 1.52. The Kier molecular flexibility index (Phi) is 18.6. The van der Waals surface area contributed by atoms with Gasteiger partial charge in [0, 0.05) is 5.56 Å². The zero-order valence-corrected chi connectivity index (χ0v) is 12.8. The molecule has 0 aliphatic rings. The Morgan fingerprint density at radius 1 is 1.00 bits per heavy atom. The largest absolute Gasteiger partial charge is 0.495 e. The number of ether oxygens (including phenoxy) is 1. The molecule has 17 heavy (non-hydrogen) atoms. The monoisotopic (exact) mass is 245 g/mol. The van der Waals surface area contributed by atoms with Gasteiger partial charge in [-0.15, -0.1) is 0 Å². The fraction of sp³-hybridized carbons (Fsp3) is 0.643. The maximum atomic E-state index is 12.7. The fourth-order valence-electron chi connectivity index (χ4n) is 0.858. The second kappa shape index (κ2) is 14.9. The van der Waals surface area contributed by atoms with E-state index >= 15 is 0 Å². The van der Waals surface area contributed by atoms with Gasteiger partial charge in [0.2, 0.25) is 5.95 Å². The molecule has 0 radical (unpaired) electrons. The standard InChI is InChI=1S/C8H10FNO.3C2H6/c1-5-4-7(11-3)6(2)10-8(5)9;3*1-2/h4H,1-3H3;3*1-2H3. The van der Waals surface area contributed by atoms with Crippen LogP contribution in [0.25, 0.3) is 0 Å². The van der Waals surface area contributed by atoms with Gasteiger partial charge in [-0.2, -0.15) is 4.39 Å². The summed E-state index contributed by atoms with van der Waals surface area (Å²) in [6, 6.07) is 1.64. The van der Waals surface area contributed by atoms with Gasteiger partial charge in [-0.1, -0.05) is 41.5 Å². The summed E-state index contributed by atoms with van der Waals surface area (Å²) in [7, 11) is 1.54. The van der Waals surface area contributed by atoms with Crippen molar-refractivity contribution in [3.05, 3.63) is 23.3 Å². The average Bonchev–Trinajstić information content (AvgIpc) is 2.41. The van der Waals surface area contributed by atoms with Gasteiger partial charge in [-0.3, -0.25) is 0 Å². The number of hydrogen-bond acceptors (Lipinski definition) is 2. The number of aromatic nitrogens is 1. The summed E-state index contributed by atoms with van der Waals surface area (Å²) < 4.78 is 17.7. The molecule has 0 fully saturated rings. The van der Waals surface area contributed by atoms with Gasteiger partial charge in [-0.05, 0) is 19.9 Å². The topological polar surface area (TPSA) is 22.1 Å². The number of rotatable bonds is 1. The Balaban J connectivity index is -0.000000285. The van der Waals surface area contributed by atoms with Crippen LogP contribution in [-0.2, 0) is 0 Å². The molecule has 1 rings (SSSR count). The molecule has 0 aliphatic heterocycles. The first-order chi connectivity index (χ1) is 8.15. The molecule has 102 valence electrons. The van der Waals surface area contributed by atoms with Gasteiger partial charge < -0.3 is 4.74 Å². The number of aryl methyl sites for hydroxylation is 2. The van der Waals surface area contributed by atoms with E-state index in [-0.39, 0.29) is 0 Å². The fourth-order valence-corrected chi connectivity index (χ4v) is 0.858. The van der Waals surface area contributed by atoms with E-state index in [1.54, 1.807) is 27.0 Å². The molecule has 0 bridgehead atoms. The molecule has 0 N–H and O–H groups in total. The summed E-state index contributed by atoms with van der Waals surface area (Å²) in [4.78, 5) is 3.65. The first-order valence-corrected chi connectivity index (χ1v) is 6.33. The highest BCUT2D eigenvalue weighted by Gasteiger charge is 2.04. The minimum atomic E-state index is -0.428. The van der Waals surface area contributed by atoms with Crippen molar-refractivity contribution in [2.45, 2.75) is 55.4 Å². The lowest BCUT2D eigenvalue weighted by Gasteiger charge is -2.04. The van der Waals surface area contributed by atoms with Crippen LogP contribution in [0.1, 0.15) is 52.8 Å². The summed E-state index contributed by atoms with van der Waals surface area (Å²) in [5.41, 5.74) is 1.09. The Morgan fingerprint density at radius 2 is 1.41 bits per heavy atom. The molecule has 1 aromatic heterocycles. The number of halogens is 1. The number of nitrogens with zero attached hydrogens (tertiary/aromatic N) is 1. The van der Waals surface area contributed by atoms with Gasteiger partial charge in [0.1, 0.15) is 5.75 Å². The molecule has 0 saturated heterocycles. The van der Waals surface area contributed by atoms with Crippen LogP contribution in [0.15, 0.2) is 6.07 Å². The van der Waals surface area contributed by atoms with Crippen LogP contribution in [-0.4, -0.2) is 12.1 Å². The highest BCUT2D eigenvalue weighted by Crippen LogP contribution is 2.17. The maximum Gasteiger partial charge on any atom is 0.216 e. The van der Waals surface area contributed by atoms with Crippen molar-refractivity contribution in [2.75, 3.05) is 7.11 Å². The third-order valence-electron chi connectivity index (χ3n) is 1.52. The molecule has 0 aliphatic carbocycles. The SMILES string of the molecule is CC.CC.CC.COc1cc(C)c(F)nc1C. The lowest BCUT2D eigenvalue weighted by molar-refractivity contribution is 0.405. The molecule has 1 aromatic rings. The van der Waals surface area contributed by atoms with E-state index in [9.17, 15) is 4.39 Å². The van der Waals surface area contributed by atoms with E-state index in [1.165, 1.54) is 0 Å². The summed E-state index contributed by atoms with van der Waals surface area (Å²) in [6.45, 7) is 15.4. The normalized spacial score (nSPS) is 7.41. The molecule has 1 heterocycles. The second-order valence-electron chi connectivity index (χ2n) is 2.38. The molecular weight excluding hydrogens is 217 g/mol. The van der Waals surface area contributed by atoms with Crippen LogP contribution in [0.4, 0.5) is 4.39 Å². The lowest BCUT2D eigenvalue weighted by atomic mass is 10.2. The lowest BCUT2D eigenvalue weighted by Crippen LogP contribution is -1.95. The first kappa shape index (κ1) is 21.2. The highest BCUT2D eigenvalue weighted by molar-refractivity contribution is 5.30. The van der Waals surface area contributed by atoms with Crippen molar-refractivity contribution in [3.63, 3.8) is 0 Å².